The van der Waals surface area contributed by atoms with E-state index in [-0.39, 0.29) is 5.41 Å². The van der Waals surface area contributed by atoms with Crippen LogP contribution in [0.1, 0.15) is 43.7 Å². The maximum atomic E-state index is 9.10. The molecule has 1 fully saturated rings. The Labute approximate surface area is 117 Å². The zero-order valence-corrected chi connectivity index (χ0v) is 12.3. The SMILES string of the molecule is CC(C)c1ccc(CCN(C)CC2(C#N)CC2)cc1. The molecule has 0 spiro atoms. The van der Waals surface area contributed by atoms with Crippen LogP contribution in [0.4, 0.5) is 0 Å². The highest BCUT2D eigenvalue weighted by Gasteiger charge is 2.43. The summed E-state index contributed by atoms with van der Waals surface area (Å²) in [5.41, 5.74) is 2.77. The average molecular weight is 256 g/mol. The third kappa shape index (κ3) is 3.81. The zero-order valence-electron chi connectivity index (χ0n) is 12.3. The minimum atomic E-state index is -0.0176. The van der Waals surface area contributed by atoms with Crippen molar-refractivity contribution in [3.05, 3.63) is 35.4 Å². The Morgan fingerprint density at radius 1 is 1.26 bits per heavy atom. The highest BCUT2D eigenvalue weighted by molar-refractivity contribution is 5.24. The summed E-state index contributed by atoms with van der Waals surface area (Å²) >= 11 is 0. The fraction of sp³-hybridized carbons (Fsp3) is 0.588. The van der Waals surface area contributed by atoms with Gasteiger partial charge in [-0.25, -0.2) is 0 Å². The molecule has 102 valence electrons. The van der Waals surface area contributed by atoms with Gasteiger partial charge in [0.15, 0.2) is 0 Å². The van der Waals surface area contributed by atoms with Crippen molar-refractivity contribution in [1.29, 1.82) is 5.26 Å². The molecule has 0 bridgehead atoms. The second-order valence-electron chi connectivity index (χ2n) is 6.28. The lowest BCUT2D eigenvalue weighted by molar-refractivity contribution is 0.297. The normalized spacial score (nSPS) is 16.6. The molecule has 0 atom stereocenters. The van der Waals surface area contributed by atoms with E-state index >= 15 is 0 Å². The number of likely N-dealkylation sites (N-methyl/N-ethyl adjacent to an activating group) is 1. The van der Waals surface area contributed by atoms with E-state index in [1.807, 2.05) is 0 Å². The van der Waals surface area contributed by atoms with Crippen LogP contribution < -0.4 is 0 Å². The number of hydrogen-bond donors (Lipinski definition) is 0. The number of nitriles is 1. The summed E-state index contributed by atoms with van der Waals surface area (Å²) in [6.45, 7) is 6.40. The Kier molecular flexibility index (Phi) is 4.27. The van der Waals surface area contributed by atoms with Gasteiger partial charge >= 0.3 is 0 Å². The minimum Gasteiger partial charge on any atom is -0.304 e. The Balaban J connectivity index is 1.80. The van der Waals surface area contributed by atoms with Crippen molar-refractivity contribution >= 4 is 0 Å². The predicted molar refractivity (Wildman–Crippen MR) is 79.0 cm³/mol. The molecule has 0 saturated heterocycles. The highest BCUT2D eigenvalue weighted by atomic mass is 15.1. The standard InChI is InChI=1S/C17H24N2/c1-14(2)16-6-4-15(5-7-16)8-11-19(3)13-17(12-18)9-10-17/h4-7,14H,8-11,13H2,1-3H3. The summed E-state index contributed by atoms with van der Waals surface area (Å²) in [5, 5.41) is 9.10. The van der Waals surface area contributed by atoms with E-state index in [1.54, 1.807) is 0 Å². The van der Waals surface area contributed by atoms with Gasteiger partial charge in [-0.2, -0.15) is 5.26 Å². The molecule has 0 unspecified atom stereocenters. The first-order valence-electron chi connectivity index (χ1n) is 7.23. The van der Waals surface area contributed by atoms with Crippen LogP contribution in [0.25, 0.3) is 0 Å². The molecule has 19 heavy (non-hydrogen) atoms. The van der Waals surface area contributed by atoms with Gasteiger partial charge in [0.05, 0.1) is 11.5 Å². The van der Waals surface area contributed by atoms with E-state index in [4.69, 9.17) is 5.26 Å². The summed E-state index contributed by atoms with van der Waals surface area (Å²) in [6.07, 6.45) is 3.23. The molecule has 1 aliphatic rings. The van der Waals surface area contributed by atoms with Gasteiger partial charge < -0.3 is 4.90 Å². The van der Waals surface area contributed by atoms with E-state index in [1.165, 1.54) is 11.1 Å². The molecule has 1 aromatic rings. The summed E-state index contributed by atoms with van der Waals surface area (Å²) in [4.78, 5) is 2.30. The topological polar surface area (TPSA) is 27.0 Å². The van der Waals surface area contributed by atoms with Crippen LogP contribution in [-0.2, 0) is 6.42 Å². The van der Waals surface area contributed by atoms with Crippen LogP contribution in [0.5, 0.6) is 0 Å². The van der Waals surface area contributed by atoms with Gasteiger partial charge in [-0.15, -0.1) is 0 Å². The van der Waals surface area contributed by atoms with Gasteiger partial charge in [0.25, 0.3) is 0 Å². The van der Waals surface area contributed by atoms with Crippen molar-refractivity contribution in [3.63, 3.8) is 0 Å². The van der Waals surface area contributed by atoms with Crippen LogP contribution in [0, 0.1) is 16.7 Å². The Bertz CT molecular complexity index is 449. The molecule has 1 saturated carbocycles. The molecule has 0 N–H and O–H groups in total. The number of rotatable bonds is 6. The molecule has 0 radical (unpaired) electrons. The Morgan fingerprint density at radius 2 is 1.89 bits per heavy atom. The van der Waals surface area contributed by atoms with E-state index in [2.05, 4.69) is 56.1 Å². The van der Waals surface area contributed by atoms with Gasteiger partial charge in [-0.3, -0.25) is 0 Å². The lowest BCUT2D eigenvalue weighted by Gasteiger charge is -2.19. The molecule has 0 amide bonds. The first-order chi connectivity index (χ1) is 9.04. The Morgan fingerprint density at radius 3 is 2.37 bits per heavy atom. The summed E-state index contributed by atoms with van der Waals surface area (Å²) in [6, 6.07) is 11.4. The molecule has 2 heteroatoms. The van der Waals surface area contributed by atoms with Crippen molar-refractivity contribution in [2.45, 2.75) is 39.0 Å². The van der Waals surface area contributed by atoms with Crippen LogP contribution in [0.2, 0.25) is 0 Å². The van der Waals surface area contributed by atoms with E-state index < -0.39 is 0 Å². The summed E-state index contributed by atoms with van der Waals surface area (Å²) in [7, 11) is 2.12. The van der Waals surface area contributed by atoms with Crippen molar-refractivity contribution in [2.75, 3.05) is 20.1 Å². The molecule has 1 aromatic carbocycles. The lowest BCUT2D eigenvalue weighted by Crippen LogP contribution is -2.28. The maximum Gasteiger partial charge on any atom is 0.0703 e. The number of hydrogen-bond acceptors (Lipinski definition) is 2. The minimum absolute atomic E-state index is 0.0176. The van der Waals surface area contributed by atoms with Crippen molar-refractivity contribution < 1.29 is 0 Å². The molecule has 0 aromatic heterocycles. The zero-order chi connectivity index (χ0) is 13.9. The molecule has 0 aliphatic heterocycles. The van der Waals surface area contributed by atoms with Crippen LogP contribution in [0.3, 0.4) is 0 Å². The molecule has 2 rings (SSSR count). The van der Waals surface area contributed by atoms with Gasteiger partial charge in [0, 0.05) is 13.1 Å². The third-order valence-corrected chi connectivity index (χ3v) is 4.09. The predicted octanol–water partition coefficient (Wildman–Crippen LogP) is 3.59. The molecule has 2 nitrogen and oxygen atoms in total. The monoisotopic (exact) mass is 256 g/mol. The first-order valence-corrected chi connectivity index (χ1v) is 7.23. The lowest BCUT2D eigenvalue weighted by atomic mass is 10.0. The van der Waals surface area contributed by atoms with Gasteiger partial charge in [0.2, 0.25) is 0 Å². The smallest absolute Gasteiger partial charge is 0.0703 e. The molecular formula is C17H24N2. The van der Waals surface area contributed by atoms with Crippen LogP contribution in [0.15, 0.2) is 24.3 Å². The quantitative estimate of drug-likeness (QED) is 0.777. The second-order valence-corrected chi connectivity index (χ2v) is 6.28. The van der Waals surface area contributed by atoms with Crippen LogP contribution in [-0.4, -0.2) is 25.0 Å². The van der Waals surface area contributed by atoms with Gasteiger partial charge in [-0.05, 0) is 43.4 Å². The largest absolute Gasteiger partial charge is 0.304 e. The van der Waals surface area contributed by atoms with Crippen molar-refractivity contribution in [1.82, 2.24) is 4.90 Å². The van der Waals surface area contributed by atoms with Crippen molar-refractivity contribution in [2.24, 2.45) is 5.41 Å². The fourth-order valence-corrected chi connectivity index (χ4v) is 2.44. The Hall–Kier alpha value is -1.33. The number of nitrogens with zero attached hydrogens (tertiary/aromatic N) is 2. The highest BCUT2D eigenvalue weighted by Crippen LogP contribution is 2.45. The second kappa shape index (κ2) is 5.75. The van der Waals surface area contributed by atoms with Gasteiger partial charge in [-0.1, -0.05) is 38.1 Å². The van der Waals surface area contributed by atoms with Crippen molar-refractivity contribution in [3.8, 4) is 6.07 Å². The molecule has 0 heterocycles. The average Bonchev–Trinajstić information content (AvgIpc) is 3.17. The van der Waals surface area contributed by atoms with E-state index in [9.17, 15) is 0 Å². The maximum absolute atomic E-state index is 9.10. The first kappa shape index (κ1) is 14.1. The summed E-state index contributed by atoms with van der Waals surface area (Å²) < 4.78 is 0. The molecule has 1 aliphatic carbocycles. The van der Waals surface area contributed by atoms with Gasteiger partial charge in [0.1, 0.15) is 0 Å². The third-order valence-electron chi connectivity index (χ3n) is 4.09. The van der Waals surface area contributed by atoms with E-state index in [0.717, 1.165) is 32.4 Å². The van der Waals surface area contributed by atoms with E-state index in [0.29, 0.717) is 5.92 Å². The van der Waals surface area contributed by atoms with Crippen LogP contribution >= 0.6 is 0 Å². The number of benzene rings is 1. The fourth-order valence-electron chi connectivity index (χ4n) is 2.44. The summed E-state index contributed by atoms with van der Waals surface area (Å²) in [5.74, 6) is 0.599. The molecular weight excluding hydrogens is 232 g/mol.